The van der Waals surface area contributed by atoms with Gasteiger partial charge in [-0.1, -0.05) is 59.6 Å². The number of hydrogen-bond acceptors (Lipinski definition) is 6. The van der Waals surface area contributed by atoms with E-state index in [-0.39, 0.29) is 22.9 Å². The van der Waals surface area contributed by atoms with Gasteiger partial charge in [-0.3, -0.25) is 14.4 Å². The zero-order valence-electron chi connectivity index (χ0n) is 22.7. The van der Waals surface area contributed by atoms with E-state index in [2.05, 4.69) is 16.0 Å². The minimum absolute atomic E-state index is 0.0637. The molecule has 8 nitrogen and oxygen atoms in total. The molecule has 0 bridgehead atoms. The molecule has 0 saturated carbocycles. The third-order valence-corrected chi connectivity index (χ3v) is 7.58. The monoisotopic (exact) mass is 633 g/mol. The van der Waals surface area contributed by atoms with Crippen LogP contribution in [0.3, 0.4) is 0 Å². The number of anilines is 2. The van der Waals surface area contributed by atoms with E-state index in [4.69, 9.17) is 27.9 Å². The number of ether oxygens (including phenoxy) is 1. The maximum absolute atomic E-state index is 13.3. The van der Waals surface area contributed by atoms with Crippen LogP contribution in [0.25, 0.3) is 6.08 Å². The van der Waals surface area contributed by atoms with E-state index in [1.54, 1.807) is 97.1 Å². The van der Waals surface area contributed by atoms with Crippen molar-refractivity contribution in [3.8, 4) is 0 Å². The summed E-state index contributed by atoms with van der Waals surface area (Å²) < 4.78 is 4.76. The maximum atomic E-state index is 13.3. The molecule has 0 unspecified atom stereocenters. The van der Waals surface area contributed by atoms with Crippen molar-refractivity contribution < 1.29 is 23.9 Å². The van der Waals surface area contributed by atoms with E-state index < -0.39 is 17.8 Å². The summed E-state index contributed by atoms with van der Waals surface area (Å²) in [5, 5.41) is 8.76. The summed E-state index contributed by atoms with van der Waals surface area (Å²) in [6, 6.07) is 26.8. The lowest BCUT2D eigenvalue weighted by Crippen LogP contribution is -2.30. The van der Waals surface area contributed by atoms with E-state index in [1.165, 1.54) is 24.9 Å². The highest BCUT2D eigenvalue weighted by Crippen LogP contribution is 2.27. The van der Waals surface area contributed by atoms with Crippen molar-refractivity contribution in [3.05, 3.63) is 129 Å². The molecule has 43 heavy (non-hydrogen) atoms. The van der Waals surface area contributed by atoms with Crippen molar-refractivity contribution in [1.82, 2.24) is 5.32 Å². The number of thioether (sulfide) groups is 1. The predicted molar refractivity (Wildman–Crippen MR) is 171 cm³/mol. The fourth-order valence-electron chi connectivity index (χ4n) is 3.78. The van der Waals surface area contributed by atoms with Gasteiger partial charge in [-0.05, 0) is 66.7 Å². The number of methoxy groups -OCH3 is 1. The van der Waals surface area contributed by atoms with Gasteiger partial charge in [0.2, 0.25) is 5.91 Å². The standard InChI is InChI=1S/C32H25Cl2N3O5S/c1-42-32(41)23-10-5-6-13-27(23)36-29(38)19-43-22-16-14-21(15-17-22)35-31(40)28(18-24-25(33)11-7-12-26(24)34)37-30(39)20-8-3-2-4-9-20/h2-18H,19H2,1H3,(H,35,40)(H,36,38)(H,37,39)/b28-18-. The second-order valence-corrected chi connectivity index (χ2v) is 10.7. The number of benzene rings is 4. The molecule has 11 heteroatoms. The smallest absolute Gasteiger partial charge is 0.339 e. The highest BCUT2D eigenvalue weighted by atomic mass is 35.5. The van der Waals surface area contributed by atoms with Gasteiger partial charge in [0, 0.05) is 31.8 Å². The van der Waals surface area contributed by atoms with Crippen molar-refractivity contribution in [2.75, 3.05) is 23.5 Å². The molecule has 4 rings (SSSR count). The molecule has 0 aromatic heterocycles. The molecule has 0 aliphatic carbocycles. The van der Waals surface area contributed by atoms with Gasteiger partial charge in [0.25, 0.3) is 11.8 Å². The van der Waals surface area contributed by atoms with Crippen LogP contribution in [0, 0.1) is 0 Å². The van der Waals surface area contributed by atoms with E-state index in [0.29, 0.717) is 32.5 Å². The summed E-state index contributed by atoms with van der Waals surface area (Å²) in [5.41, 5.74) is 1.75. The molecule has 0 radical (unpaired) electrons. The van der Waals surface area contributed by atoms with E-state index in [1.807, 2.05) is 0 Å². The van der Waals surface area contributed by atoms with Crippen LogP contribution in [0.1, 0.15) is 26.3 Å². The Morgan fingerprint density at radius 1 is 0.791 bits per heavy atom. The molecule has 4 aromatic rings. The number of para-hydroxylation sites is 1. The molecule has 0 saturated heterocycles. The van der Waals surface area contributed by atoms with Gasteiger partial charge in [-0.2, -0.15) is 0 Å². The van der Waals surface area contributed by atoms with Crippen molar-refractivity contribution in [1.29, 1.82) is 0 Å². The number of esters is 1. The van der Waals surface area contributed by atoms with Gasteiger partial charge in [0.1, 0.15) is 5.70 Å². The van der Waals surface area contributed by atoms with Crippen LogP contribution in [-0.4, -0.2) is 36.6 Å². The second-order valence-electron chi connectivity index (χ2n) is 8.87. The molecule has 218 valence electrons. The Morgan fingerprint density at radius 2 is 1.44 bits per heavy atom. The average molecular weight is 635 g/mol. The minimum atomic E-state index is -0.593. The van der Waals surface area contributed by atoms with Crippen LogP contribution < -0.4 is 16.0 Å². The molecule has 3 N–H and O–H groups in total. The molecule has 0 fully saturated rings. The SMILES string of the molecule is COC(=O)c1ccccc1NC(=O)CSc1ccc(NC(=O)/C(=C/c2c(Cl)cccc2Cl)NC(=O)c2ccccc2)cc1. The molecule has 3 amide bonds. The van der Waals surface area contributed by atoms with Crippen molar-refractivity contribution >= 4 is 76.1 Å². The van der Waals surface area contributed by atoms with Crippen LogP contribution in [0.4, 0.5) is 11.4 Å². The Hall–Kier alpha value is -4.57. The zero-order valence-corrected chi connectivity index (χ0v) is 25.1. The molecule has 0 atom stereocenters. The molecule has 0 aliphatic rings. The number of amides is 3. The van der Waals surface area contributed by atoms with E-state index >= 15 is 0 Å². The van der Waals surface area contributed by atoms with Gasteiger partial charge in [-0.25, -0.2) is 4.79 Å². The van der Waals surface area contributed by atoms with Gasteiger partial charge in [-0.15, -0.1) is 11.8 Å². The average Bonchev–Trinajstić information content (AvgIpc) is 3.02. The number of halogens is 2. The highest BCUT2D eigenvalue weighted by molar-refractivity contribution is 8.00. The lowest BCUT2D eigenvalue weighted by atomic mass is 10.1. The zero-order chi connectivity index (χ0) is 30.8. The fraction of sp³-hybridized carbons (Fsp3) is 0.0625. The third-order valence-electron chi connectivity index (χ3n) is 5.91. The summed E-state index contributed by atoms with van der Waals surface area (Å²) in [5.74, 6) is -1.85. The Balaban J connectivity index is 1.43. The van der Waals surface area contributed by atoms with Gasteiger partial charge < -0.3 is 20.7 Å². The molecular weight excluding hydrogens is 609 g/mol. The van der Waals surface area contributed by atoms with Crippen molar-refractivity contribution in [3.63, 3.8) is 0 Å². The van der Waals surface area contributed by atoms with Crippen molar-refractivity contribution in [2.24, 2.45) is 0 Å². The Labute approximate surface area is 262 Å². The molecule has 0 spiro atoms. The number of rotatable bonds is 10. The lowest BCUT2D eigenvalue weighted by Gasteiger charge is -2.13. The highest BCUT2D eigenvalue weighted by Gasteiger charge is 2.17. The van der Waals surface area contributed by atoms with Crippen LogP contribution in [0.5, 0.6) is 0 Å². The normalized spacial score (nSPS) is 10.9. The number of carbonyl (C=O) groups excluding carboxylic acids is 4. The van der Waals surface area contributed by atoms with Gasteiger partial charge >= 0.3 is 5.97 Å². The first-order valence-electron chi connectivity index (χ1n) is 12.8. The molecule has 0 aliphatic heterocycles. The Morgan fingerprint density at radius 3 is 2.12 bits per heavy atom. The Bertz CT molecular complexity index is 1660. The fourth-order valence-corrected chi connectivity index (χ4v) is 4.99. The summed E-state index contributed by atoms with van der Waals surface area (Å²) in [4.78, 5) is 51.4. The second kappa shape index (κ2) is 15.1. The number of carbonyl (C=O) groups is 4. The molecular formula is C32H25Cl2N3O5S. The van der Waals surface area contributed by atoms with Crippen LogP contribution in [0.2, 0.25) is 10.0 Å². The van der Waals surface area contributed by atoms with Crippen molar-refractivity contribution in [2.45, 2.75) is 4.90 Å². The summed E-state index contributed by atoms with van der Waals surface area (Å²) >= 11 is 13.9. The molecule has 0 heterocycles. The van der Waals surface area contributed by atoms with E-state index in [9.17, 15) is 19.2 Å². The minimum Gasteiger partial charge on any atom is -0.465 e. The quantitative estimate of drug-likeness (QED) is 0.0992. The maximum Gasteiger partial charge on any atom is 0.339 e. The van der Waals surface area contributed by atoms with E-state index in [0.717, 1.165) is 4.90 Å². The summed E-state index contributed by atoms with van der Waals surface area (Å²) in [6.45, 7) is 0. The molecule has 4 aromatic carbocycles. The number of nitrogens with one attached hydrogen (secondary N) is 3. The lowest BCUT2D eigenvalue weighted by molar-refractivity contribution is -0.114. The first-order valence-corrected chi connectivity index (χ1v) is 14.5. The van der Waals surface area contributed by atoms with Gasteiger partial charge in [0.05, 0.1) is 24.1 Å². The Kier molecular flexibility index (Phi) is 11.0. The first-order chi connectivity index (χ1) is 20.7. The van der Waals surface area contributed by atoms with Crippen LogP contribution in [-0.2, 0) is 14.3 Å². The predicted octanol–water partition coefficient (Wildman–Crippen LogP) is 6.92. The van der Waals surface area contributed by atoms with Crippen LogP contribution in [0.15, 0.2) is 108 Å². The number of hydrogen-bond donors (Lipinski definition) is 3. The summed E-state index contributed by atoms with van der Waals surface area (Å²) in [7, 11) is 1.27. The first kappa shape index (κ1) is 31.4. The largest absolute Gasteiger partial charge is 0.465 e. The van der Waals surface area contributed by atoms with Crippen LogP contribution >= 0.6 is 35.0 Å². The summed E-state index contributed by atoms with van der Waals surface area (Å²) in [6.07, 6.45) is 1.42. The topological polar surface area (TPSA) is 114 Å². The third kappa shape index (κ3) is 8.71. The van der Waals surface area contributed by atoms with Gasteiger partial charge in [0.15, 0.2) is 0 Å².